The standard InChI is InChI=1S/C15H21N5O2S/c16-15-17-13(18-19-15)3-4-14(21)20(8-11-5-7-23-10-11)9-12-2-1-6-22-12/h5,7,10,12H,1-4,6,8-9H2,(H3,16,17,18,19). The molecule has 0 aliphatic carbocycles. The van der Waals surface area contributed by atoms with Crippen molar-refractivity contribution in [1.29, 1.82) is 0 Å². The number of hydrogen-bond donors (Lipinski definition) is 2. The monoisotopic (exact) mass is 335 g/mol. The van der Waals surface area contributed by atoms with Gasteiger partial charge in [0, 0.05) is 32.5 Å². The Labute approximate surface area is 138 Å². The smallest absolute Gasteiger partial charge is 0.239 e. The summed E-state index contributed by atoms with van der Waals surface area (Å²) in [6, 6.07) is 2.05. The number of nitrogens with two attached hydrogens (primary N) is 1. The fourth-order valence-electron chi connectivity index (χ4n) is 2.70. The van der Waals surface area contributed by atoms with Crippen LogP contribution in [0.25, 0.3) is 0 Å². The number of aromatic nitrogens is 3. The molecule has 0 bridgehead atoms. The Morgan fingerprint density at radius 3 is 3.13 bits per heavy atom. The lowest BCUT2D eigenvalue weighted by Gasteiger charge is -2.25. The molecule has 1 atom stereocenters. The predicted octanol–water partition coefficient (Wildman–Crippen LogP) is 1.59. The molecule has 0 aromatic carbocycles. The summed E-state index contributed by atoms with van der Waals surface area (Å²) >= 11 is 1.64. The Bertz CT molecular complexity index is 622. The second-order valence-corrected chi connectivity index (χ2v) is 6.46. The number of aryl methyl sites for hydroxylation is 1. The van der Waals surface area contributed by atoms with Crippen molar-refractivity contribution in [1.82, 2.24) is 20.1 Å². The van der Waals surface area contributed by atoms with Crippen LogP contribution in [-0.4, -0.2) is 45.2 Å². The minimum atomic E-state index is 0.0988. The molecule has 0 spiro atoms. The van der Waals surface area contributed by atoms with Crippen molar-refractivity contribution >= 4 is 23.2 Å². The van der Waals surface area contributed by atoms with Crippen LogP contribution in [0.5, 0.6) is 0 Å². The van der Waals surface area contributed by atoms with Crippen molar-refractivity contribution in [3.05, 3.63) is 28.2 Å². The number of amides is 1. The summed E-state index contributed by atoms with van der Waals surface area (Å²) in [6.07, 6.45) is 3.13. The van der Waals surface area contributed by atoms with E-state index >= 15 is 0 Å². The quantitative estimate of drug-likeness (QED) is 0.801. The number of carbonyl (C=O) groups is 1. The number of carbonyl (C=O) groups excluding carboxylic acids is 1. The van der Waals surface area contributed by atoms with Gasteiger partial charge in [0.1, 0.15) is 5.82 Å². The molecule has 3 rings (SSSR count). The van der Waals surface area contributed by atoms with Gasteiger partial charge in [-0.3, -0.25) is 9.89 Å². The molecule has 1 saturated heterocycles. The number of aromatic amines is 1. The lowest BCUT2D eigenvalue weighted by Crippen LogP contribution is -2.37. The molecule has 1 amide bonds. The molecular formula is C15H21N5O2S. The van der Waals surface area contributed by atoms with Crippen LogP contribution in [0, 0.1) is 0 Å². The van der Waals surface area contributed by atoms with Crippen molar-refractivity contribution < 1.29 is 9.53 Å². The minimum absolute atomic E-state index is 0.0988. The number of hydrogen-bond acceptors (Lipinski definition) is 6. The molecule has 2 aromatic rings. The molecule has 1 unspecified atom stereocenters. The van der Waals surface area contributed by atoms with E-state index in [0.717, 1.165) is 25.0 Å². The van der Waals surface area contributed by atoms with E-state index < -0.39 is 0 Å². The Kier molecular flexibility index (Phi) is 5.24. The first kappa shape index (κ1) is 15.9. The molecule has 23 heavy (non-hydrogen) atoms. The van der Waals surface area contributed by atoms with Gasteiger partial charge in [0.25, 0.3) is 0 Å². The van der Waals surface area contributed by atoms with Gasteiger partial charge in [0.15, 0.2) is 0 Å². The van der Waals surface area contributed by atoms with Crippen molar-refractivity contribution in [3.8, 4) is 0 Å². The number of anilines is 1. The first-order chi connectivity index (χ1) is 11.2. The average Bonchev–Trinajstić information content (AvgIpc) is 3.27. The number of thiophene rings is 1. The first-order valence-electron chi connectivity index (χ1n) is 7.78. The van der Waals surface area contributed by atoms with Gasteiger partial charge in [-0.2, -0.15) is 16.3 Å². The molecule has 0 radical (unpaired) electrons. The molecule has 1 aliphatic heterocycles. The van der Waals surface area contributed by atoms with Crippen LogP contribution in [0.3, 0.4) is 0 Å². The Morgan fingerprint density at radius 2 is 2.48 bits per heavy atom. The highest BCUT2D eigenvalue weighted by Crippen LogP contribution is 2.17. The highest BCUT2D eigenvalue weighted by Gasteiger charge is 2.23. The molecule has 7 nitrogen and oxygen atoms in total. The summed E-state index contributed by atoms with van der Waals surface area (Å²) < 4.78 is 5.68. The molecule has 1 aliphatic rings. The number of ether oxygens (including phenoxy) is 1. The summed E-state index contributed by atoms with van der Waals surface area (Å²) in [4.78, 5) is 18.5. The summed E-state index contributed by atoms with van der Waals surface area (Å²) in [5.41, 5.74) is 6.64. The van der Waals surface area contributed by atoms with E-state index in [-0.39, 0.29) is 18.0 Å². The molecule has 124 valence electrons. The van der Waals surface area contributed by atoms with E-state index in [4.69, 9.17) is 10.5 Å². The maximum atomic E-state index is 12.6. The number of H-pyrrole nitrogens is 1. The van der Waals surface area contributed by atoms with E-state index in [1.807, 2.05) is 10.3 Å². The van der Waals surface area contributed by atoms with Crippen molar-refractivity contribution in [2.24, 2.45) is 0 Å². The van der Waals surface area contributed by atoms with E-state index in [1.165, 1.54) is 0 Å². The third kappa shape index (κ3) is 4.52. The van der Waals surface area contributed by atoms with Gasteiger partial charge in [0.05, 0.1) is 6.10 Å². The highest BCUT2D eigenvalue weighted by molar-refractivity contribution is 7.07. The van der Waals surface area contributed by atoms with Crippen molar-refractivity contribution in [2.75, 3.05) is 18.9 Å². The molecule has 0 saturated carbocycles. The molecule has 8 heteroatoms. The van der Waals surface area contributed by atoms with Gasteiger partial charge < -0.3 is 15.4 Å². The molecule has 3 heterocycles. The second-order valence-electron chi connectivity index (χ2n) is 5.68. The number of nitrogens with zero attached hydrogens (tertiary/aromatic N) is 3. The van der Waals surface area contributed by atoms with Crippen LogP contribution in [0.2, 0.25) is 0 Å². The number of nitrogens with one attached hydrogen (secondary N) is 1. The van der Waals surface area contributed by atoms with Crippen molar-refractivity contribution in [3.63, 3.8) is 0 Å². The first-order valence-corrected chi connectivity index (χ1v) is 8.72. The largest absolute Gasteiger partial charge is 0.376 e. The maximum Gasteiger partial charge on any atom is 0.239 e. The zero-order valence-electron chi connectivity index (χ0n) is 12.9. The van der Waals surface area contributed by atoms with Gasteiger partial charge in [-0.15, -0.1) is 5.10 Å². The predicted molar refractivity (Wildman–Crippen MR) is 87.8 cm³/mol. The lowest BCUT2D eigenvalue weighted by molar-refractivity contribution is -0.133. The summed E-state index contributed by atoms with van der Waals surface area (Å²) in [6.45, 7) is 2.07. The second kappa shape index (κ2) is 7.56. The van der Waals surface area contributed by atoms with E-state index in [0.29, 0.717) is 31.8 Å². The molecule has 2 aromatic heterocycles. The Morgan fingerprint density at radius 1 is 1.57 bits per heavy atom. The maximum absolute atomic E-state index is 12.6. The fraction of sp³-hybridized carbons (Fsp3) is 0.533. The highest BCUT2D eigenvalue weighted by atomic mass is 32.1. The van der Waals surface area contributed by atoms with Crippen molar-refractivity contribution in [2.45, 2.75) is 38.3 Å². The topological polar surface area (TPSA) is 97.1 Å². The summed E-state index contributed by atoms with van der Waals surface area (Å²) in [7, 11) is 0. The van der Waals surface area contributed by atoms with Crippen LogP contribution in [0.1, 0.15) is 30.7 Å². The zero-order valence-corrected chi connectivity index (χ0v) is 13.7. The lowest BCUT2D eigenvalue weighted by atomic mass is 10.2. The third-order valence-electron chi connectivity index (χ3n) is 3.88. The van der Waals surface area contributed by atoms with Crippen LogP contribution < -0.4 is 5.73 Å². The minimum Gasteiger partial charge on any atom is -0.376 e. The molecule has 1 fully saturated rings. The molecule has 3 N–H and O–H groups in total. The number of nitrogen functional groups attached to an aromatic ring is 1. The van der Waals surface area contributed by atoms with E-state index in [2.05, 4.69) is 26.6 Å². The SMILES string of the molecule is Nc1n[nH]c(CCC(=O)N(Cc2ccsc2)CC2CCCO2)n1. The van der Waals surface area contributed by atoms with Crippen LogP contribution in [-0.2, 0) is 22.5 Å². The van der Waals surface area contributed by atoms with Crippen LogP contribution in [0.15, 0.2) is 16.8 Å². The van der Waals surface area contributed by atoms with Gasteiger partial charge in [0.2, 0.25) is 11.9 Å². The van der Waals surface area contributed by atoms with Crippen LogP contribution in [0.4, 0.5) is 5.95 Å². The van der Waals surface area contributed by atoms with Crippen LogP contribution >= 0.6 is 11.3 Å². The average molecular weight is 335 g/mol. The Hall–Kier alpha value is -1.93. The third-order valence-corrected chi connectivity index (χ3v) is 4.61. The van der Waals surface area contributed by atoms with Gasteiger partial charge >= 0.3 is 0 Å². The zero-order chi connectivity index (χ0) is 16.1. The molecular weight excluding hydrogens is 314 g/mol. The fourth-order valence-corrected chi connectivity index (χ4v) is 3.36. The Balaban J connectivity index is 1.59. The number of rotatable bonds is 7. The van der Waals surface area contributed by atoms with Gasteiger partial charge in [-0.05, 0) is 35.2 Å². The summed E-state index contributed by atoms with van der Waals surface area (Å²) in [5, 5.41) is 10.6. The van der Waals surface area contributed by atoms with E-state index in [9.17, 15) is 4.79 Å². The summed E-state index contributed by atoms with van der Waals surface area (Å²) in [5.74, 6) is 0.951. The van der Waals surface area contributed by atoms with E-state index in [1.54, 1.807) is 11.3 Å². The normalized spacial score (nSPS) is 17.5. The van der Waals surface area contributed by atoms with Gasteiger partial charge in [-0.1, -0.05) is 0 Å². The van der Waals surface area contributed by atoms with Gasteiger partial charge in [-0.25, -0.2) is 0 Å².